The number of nitrogens with zero attached hydrogens (tertiary/aromatic N) is 3. The zero-order valence-corrected chi connectivity index (χ0v) is 11.0. The fraction of sp³-hybridized carbons (Fsp3) is 0.133. The molecule has 3 rings (SSSR count). The first-order valence-corrected chi connectivity index (χ1v) is 6.32. The normalized spacial score (nSPS) is 12.4. The Bertz CT molecular complexity index is 764. The summed E-state index contributed by atoms with van der Waals surface area (Å²) in [7, 11) is 0. The van der Waals surface area contributed by atoms with Gasteiger partial charge in [-0.15, -0.1) is 0 Å². The number of carbonyl (C=O) groups excluding carboxylic acids is 1. The van der Waals surface area contributed by atoms with Crippen molar-refractivity contribution < 1.29 is 4.79 Å². The van der Waals surface area contributed by atoms with Crippen LogP contribution < -0.4 is 5.73 Å². The Labute approximate surface area is 116 Å². The van der Waals surface area contributed by atoms with Gasteiger partial charge < -0.3 is 5.73 Å². The van der Waals surface area contributed by atoms with Crippen LogP contribution in [0, 0.1) is 6.92 Å². The number of aryl methyl sites for hydroxylation is 1. The zero-order valence-electron chi connectivity index (χ0n) is 11.0. The molecule has 0 aliphatic carbocycles. The van der Waals surface area contributed by atoms with Crippen LogP contribution in [0.4, 0.5) is 0 Å². The van der Waals surface area contributed by atoms with Crippen LogP contribution in [0.25, 0.3) is 11.0 Å². The molecule has 20 heavy (non-hydrogen) atoms. The third kappa shape index (κ3) is 2.14. The maximum Gasteiger partial charge on any atom is 0.248 e. The van der Waals surface area contributed by atoms with Crippen LogP contribution in [-0.2, 0) is 4.79 Å². The Morgan fingerprint density at radius 3 is 2.50 bits per heavy atom. The highest BCUT2D eigenvalue weighted by Gasteiger charge is 2.22. The van der Waals surface area contributed by atoms with Crippen molar-refractivity contribution in [3.8, 4) is 0 Å². The molecule has 1 amide bonds. The largest absolute Gasteiger partial charge is 0.367 e. The van der Waals surface area contributed by atoms with Gasteiger partial charge in [0.2, 0.25) is 5.91 Å². The van der Waals surface area contributed by atoms with E-state index in [1.165, 1.54) is 4.80 Å². The third-order valence-electron chi connectivity index (χ3n) is 3.17. The molecule has 0 aliphatic heterocycles. The molecule has 1 unspecified atom stereocenters. The van der Waals surface area contributed by atoms with Crippen LogP contribution in [0.3, 0.4) is 0 Å². The van der Waals surface area contributed by atoms with E-state index in [1.807, 2.05) is 55.5 Å². The quantitative estimate of drug-likeness (QED) is 0.785. The van der Waals surface area contributed by atoms with E-state index in [9.17, 15) is 4.79 Å². The van der Waals surface area contributed by atoms with Gasteiger partial charge >= 0.3 is 0 Å². The lowest BCUT2D eigenvalue weighted by atomic mass is 10.1. The highest BCUT2D eigenvalue weighted by Crippen LogP contribution is 2.19. The summed E-state index contributed by atoms with van der Waals surface area (Å²) in [4.78, 5) is 13.2. The Kier molecular flexibility index (Phi) is 2.95. The SMILES string of the molecule is Cc1ccc2nn(C(C(N)=O)c3ccccc3)nc2c1. The van der Waals surface area contributed by atoms with E-state index < -0.39 is 11.9 Å². The van der Waals surface area contributed by atoms with Gasteiger partial charge in [-0.3, -0.25) is 4.79 Å². The molecule has 0 spiro atoms. The van der Waals surface area contributed by atoms with Gasteiger partial charge in [0.1, 0.15) is 11.0 Å². The first-order chi connectivity index (χ1) is 9.65. The maximum absolute atomic E-state index is 11.8. The Balaban J connectivity index is 2.13. The number of carbonyl (C=O) groups is 1. The summed E-state index contributed by atoms with van der Waals surface area (Å²) in [6.45, 7) is 1.99. The van der Waals surface area contributed by atoms with Gasteiger partial charge in [-0.1, -0.05) is 36.4 Å². The zero-order chi connectivity index (χ0) is 14.1. The molecule has 100 valence electrons. The minimum absolute atomic E-state index is 0.478. The molecule has 1 atom stereocenters. The second-order valence-electron chi connectivity index (χ2n) is 4.73. The minimum Gasteiger partial charge on any atom is -0.367 e. The molecule has 2 aromatic carbocycles. The van der Waals surface area contributed by atoms with Crippen LogP contribution in [-0.4, -0.2) is 20.9 Å². The lowest BCUT2D eigenvalue weighted by Crippen LogP contribution is -2.29. The van der Waals surface area contributed by atoms with Crippen LogP contribution >= 0.6 is 0 Å². The van der Waals surface area contributed by atoms with Crippen molar-refractivity contribution >= 4 is 16.9 Å². The van der Waals surface area contributed by atoms with Crippen LogP contribution in [0.15, 0.2) is 48.5 Å². The second-order valence-corrected chi connectivity index (χ2v) is 4.73. The smallest absolute Gasteiger partial charge is 0.248 e. The van der Waals surface area contributed by atoms with Crippen molar-refractivity contribution in [3.05, 3.63) is 59.7 Å². The van der Waals surface area contributed by atoms with E-state index in [4.69, 9.17) is 5.73 Å². The third-order valence-corrected chi connectivity index (χ3v) is 3.17. The van der Waals surface area contributed by atoms with Crippen molar-refractivity contribution in [1.82, 2.24) is 15.0 Å². The molecule has 0 aliphatic rings. The Hall–Kier alpha value is -2.69. The van der Waals surface area contributed by atoms with E-state index in [0.717, 1.165) is 22.2 Å². The Morgan fingerprint density at radius 2 is 1.80 bits per heavy atom. The molecule has 1 heterocycles. The molecule has 0 radical (unpaired) electrons. The summed E-state index contributed by atoms with van der Waals surface area (Å²) in [6, 6.07) is 14.4. The minimum atomic E-state index is -0.691. The highest BCUT2D eigenvalue weighted by atomic mass is 16.1. The molecule has 0 fully saturated rings. The van der Waals surface area contributed by atoms with Crippen LogP contribution in [0.2, 0.25) is 0 Å². The molecule has 1 aromatic heterocycles. The fourth-order valence-corrected chi connectivity index (χ4v) is 2.20. The van der Waals surface area contributed by atoms with E-state index in [0.29, 0.717) is 0 Å². The molecule has 0 saturated carbocycles. The second kappa shape index (κ2) is 4.77. The molecule has 5 heteroatoms. The Morgan fingerprint density at radius 1 is 1.10 bits per heavy atom. The number of rotatable bonds is 3. The van der Waals surface area contributed by atoms with Gasteiger partial charge in [-0.25, -0.2) is 0 Å². The van der Waals surface area contributed by atoms with Gasteiger partial charge in [0.25, 0.3) is 0 Å². The number of fused-ring (bicyclic) bond motifs is 1. The monoisotopic (exact) mass is 266 g/mol. The molecule has 2 N–H and O–H groups in total. The topological polar surface area (TPSA) is 73.8 Å². The van der Waals surface area contributed by atoms with Crippen molar-refractivity contribution in [3.63, 3.8) is 0 Å². The number of hydrogen-bond acceptors (Lipinski definition) is 3. The number of aromatic nitrogens is 3. The molecule has 0 saturated heterocycles. The number of amides is 1. The highest BCUT2D eigenvalue weighted by molar-refractivity contribution is 5.82. The van der Waals surface area contributed by atoms with E-state index in [2.05, 4.69) is 10.2 Å². The summed E-state index contributed by atoms with van der Waals surface area (Å²) < 4.78 is 0. The fourth-order valence-electron chi connectivity index (χ4n) is 2.20. The average molecular weight is 266 g/mol. The van der Waals surface area contributed by atoms with Crippen molar-refractivity contribution in [2.24, 2.45) is 5.73 Å². The number of nitrogens with two attached hydrogens (primary N) is 1. The van der Waals surface area contributed by atoms with E-state index in [1.54, 1.807) is 0 Å². The molecule has 0 bridgehead atoms. The standard InChI is InChI=1S/C15H14N4O/c1-10-7-8-12-13(9-10)18-19(17-12)14(15(16)20)11-5-3-2-4-6-11/h2-9,14H,1H3,(H2,16,20). The summed E-state index contributed by atoms with van der Waals surface area (Å²) in [5.41, 5.74) is 8.89. The predicted molar refractivity (Wildman–Crippen MR) is 76.0 cm³/mol. The van der Waals surface area contributed by atoms with Gasteiger partial charge in [0.05, 0.1) is 0 Å². The lowest BCUT2D eigenvalue weighted by molar-refractivity contribution is -0.120. The summed E-state index contributed by atoms with van der Waals surface area (Å²) in [5, 5.41) is 8.73. The van der Waals surface area contributed by atoms with Crippen molar-refractivity contribution in [2.75, 3.05) is 0 Å². The van der Waals surface area contributed by atoms with Gasteiger partial charge in [-0.05, 0) is 30.2 Å². The number of hydrogen-bond donors (Lipinski definition) is 1. The summed E-state index contributed by atoms with van der Waals surface area (Å²) in [5.74, 6) is -0.478. The maximum atomic E-state index is 11.8. The summed E-state index contributed by atoms with van der Waals surface area (Å²) >= 11 is 0. The molecular weight excluding hydrogens is 252 g/mol. The average Bonchev–Trinajstić information content (AvgIpc) is 2.82. The molecule has 3 aromatic rings. The van der Waals surface area contributed by atoms with Gasteiger partial charge in [-0.2, -0.15) is 15.0 Å². The van der Waals surface area contributed by atoms with Crippen LogP contribution in [0.5, 0.6) is 0 Å². The van der Waals surface area contributed by atoms with Gasteiger partial charge in [0, 0.05) is 0 Å². The van der Waals surface area contributed by atoms with Crippen LogP contribution in [0.1, 0.15) is 17.2 Å². The summed E-state index contributed by atoms with van der Waals surface area (Å²) in [6.07, 6.45) is 0. The number of primary amides is 1. The lowest BCUT2D eigenvalue weighted by Gasteiger charge is -2.12. The van der Waals surface area contributed by atoms with E-state index in [-0.39, 0.29) is 0 Å². The first kappa shape index (κ1) is 12.3. The number of benzene rings is 2. The predicted octanol–water partition coefficient (Wildman–Crippen LogP) is 1.81. The van der Waals surface area contributed by atoms with Crippen molar-refractivity contribution in [2.45, 2.75) is 13.0 Å². The van der Waals surface area contributed by atoms with E-state index >= 15 is 0 Å². The molecular formula is C15H14N4O. The van der Waals surface area contributed by atoms with Crippen molar-refractivity contribution in [1.29, 1.82) is 0 Å². The molecule has 5 nitrogen and oxygen atoms in total. The first-order valence-electron chi connectivity index (χ1n) is 6.32. The van der Waals surface area contributed by atoms with Gasteiger partial charge in [0.15, 0.2) is 6.04 Å².